The Labute approximate surface area is 260 Å². The normalized spacial score (nSPS) is 39.3. The van der Waals surface area contributed by atoms with Gasteiger partial charge >= 0.3 is 0 Å². The van der Waals surface area contributed by atoms with E-state index < -0.39 is 10.8 Å². The van der Waals surface area contributed by atoms with E-state index in [1.807, 2.05) is 22.0 Å². The SMILES string of the molecule is CC1=CSC2C(N)=CC3=C(CCN3C(=O)C34CC(C(=O)N5C[C@@H](CCl)C6=C5C=C(N)C5SC=C(C)C65)(C3)C4)C12.CCl. The Morgan fingerprint density at radius 1 is 0.902 bits per heavy atom. The third-order valence-corrected chi connectivity index (χ3v) is 13.7. The molecule has 3 saturated carbocycles. The van der Waals surface area contributed by atoms with Crippen LogP contribution in [0.3, 0.4) is 0 Å². The van der Waals surface area contributed by atoms with Crippen LogP contribution in [-0.4, -0.2) is 57.5 Å². The van der Waals surface area contributed by atoms with Crippen molar-refractivity contribution in [1.82, 2.24) is 9.80 Å². The van der Waals surface area contributed by atoms with Crippen molar-refractivity contribution in [3.05, 3.63) is 68.0 Å². The maximum Gasteiger partial charge on any atom is 0.233 e. The predicted octanol–water partition coefficient (Wildman–Crippen LogP) is 5.43. The lowest BCUT2D eigenvalue weighted by Gasteiger charge is -2.69. The van der Waals surface area contributed by atoms with Crippen molar-refractivity contribution in [2.45, 2.75) is 50.0 Å². The number of hydrogen-bond acceptors (Lipinski definition) is 6. The van der Waals surface area contributed by atoms with Gasteiger partial charge in [0.1, 0.15) is 0 Å². The number of carbonyl (C=O) groups is 2. The van der Waals surface area contributed by atoms with Gasteiger partial charge in [0.05, 0.1) is 21.3 Å². The summed E-state index contributed by atoms with van der Waals surface area (Å²) in [7, 11) is 0. The van der Waals surface area contributed by atoms with Crippen molar-refractivity contribution < 1.29 is 9.59 Å². The van der Waals surface area contributed by atoms with Crippen LogP contribution in [0.2, 0.25) is 0 Å². The number of allylic oxidation sites excluding steroid dienone is 4. The molecule has 0 aromatic heterocycles. The van der Waals surface area contributed by atoms with Crippen LogP contribution in [0.15, 0.2) is 68.0 Å². The molecule has 218 valence electrons. The molecule has 5 aliphatic carbocycles. The third kappa shape index (κ3) is 3.66. The lowest BCUT2D eigenvalue weighted by molar-refractivity contribution is -0.219. The van der Waals surface area contributed by atoms with Crippen molar-refractivity contribution in [2.75, 3.05) is 25.4 Å². The zero-order chi connectivity index (χ0) is 29.0. The van der Waals surface area contributed by atoms with E-state index in [9.17, 15) is 9.59 Å². The molecule has 0 radical (unpaired) electrons. The second-order valence-electron chi connectivity index (χ2n) is 12.9. The molecule has 6 nitrogen and oxygen atoms in total. The Morgan fingerprint density at radius 3 is 2.05 bits per heavy atom. The van der Waals surface area contributed by atoms with Crippen molar-refractivity contribution in [3.8, 4) is 0 Å². The van der Waals surface area contributed by atoms with Gasteiger partial charge in [-0.15, -0.1) is 46.7 Å². The molecule has 10 heteroatoms. The van der Waals surface area contributed by atoms with Crippen LogP contribution in [0.25, 0.3) is 0 Å². The van der Waals surface area contributed by atoms with E-state index in [1.54, 1.807) is 23.5 Å². The molecule has 9 rings (SSSR count). The minimum absolute atomic E-state index is 0.140. The molecule has 0 saturated heterocycles. The lowest BCUT2D eigenvalue weighted by atomic mass is 9.34. The van der Waals surface area contributed by atoms with Gasteiger partial charge in [-0.25, -0.2) is 0 Å². The number of amides is 2. The van der Waals surface area contributed by atoms with Gasteiger partial charge in [-0.3, -0.25) is 9.59 Å². The summed E-state index contributed by atoms with van der Waals surface area (Å²) < 4.78 is 0. The minimum atomic E-state index is -0.436. The van der Waals surface area contributed by atoms with Gasteiger partial charge in [0.2, 0.25) is 11.8 Å². The molecule has 9 aliphatic rings. The maximum absolute atomic E-state index is 14.1. The van der Waals surface area contributed by atoms with Crippen LogP contribution in [0, 0.1) is 28.6 Å². The highest BCUT2D eigenvalue weighted by Gasteiger charge is 2.76. The molecule has 3 fully saturated rings. The molecule has 4 heterocycles. The highest BCUT2D eigenvalue weighted by molar-refractivity contribution is 8.03. The van der Waals surface area contributed by atoms with Crippen LogP contribution in [-0.2, 0) is 9.59 Å². The molecule has 0 aromatic rings. The van der Waals surface area contributed by atoms with Gasteiger partial charge in [0.15, 0.2) is 0 Å². The summed E-state index contributed by atoms with van der Waals surface area (Å²) in [4.78, 5) is 32.0. The second kappa shape index (κ2) is 9.63. The first kappa shape index (κ1) is 28.1. The van der Waals surface area contributed by atoms with Crippen molar-refractivity contribution in [2.24, 2.45) is 40.1 Å². The molecule has 2 bridgehead atoms. The number of nitrogens with zero attached hydrogens (tertiary/aromatic N) is 2. The Hall–Kier alpha value is -1.74. The van der Waals surface area contributed by atoms with Crippen molar-refractivity contribution >= 4 is 58.5 Å². The molecule has 4 aliphatic heterocycles. The summed E-state index contributed by atoms with van der Waals surface area (Å²) in [6.45, 7) is 5.66. The van der Waals surface area contributed by atoms with Gasteiger partial charge in [0.25, 0.3) is 0 Å². The molecular weight excluding hydrogens is 595 g/mol. The summed E-state index contributed by atoms with van der Waals surface area (Å²) >= 11 is 14.7. The fourth-order valence-corrected chi connectivity index (χ4v) is 11.7. The molecular formula is C31H36Cl2N4O2S2. The number of nitrogens with two attached hydrogens (primary N) is 2. The standard InChI is InChI=1S/C30H33ClN4O2S2.CH3Cl/c1-14-9-38-25-18(32)5-20-17(22(14)25)3-4-34(20)27(36)29-11-30(12-29,13-29)28(37)35-8-16(7-31)24-21(35)6-19(33)26-23(24)15(2)10-39-26;1-2/h5-6,9-10,16,22-23,25-26H,3-4,7-8,11-13,32-33H2,1-2H3;1H3/t16-,22?,23?,25?,26?,29?,30?;/m1./s1. The van der Waals surface area contributed by atoms with Crippen LogP contribution >= 0.6 is 46.7 Å². The second-order valence-corrected chi connectivity index (χ2v) is 15.2. The molecule has 4 unspecified atom stereocenters. The van der Waals surface area contributed by atoms with Crippen LogP contribution in [0.5, 0.6) is 0 Å². The lowest BCUT2D eigenvalue weighted by Crippen LogP contribution is -2.72. The number of thioether (sulfide) groups is 2. The number of alkyl halides is 2. The average molecular weight is 632 g/mol. The number of rotatable bonds is 3. The van der Waals surface area contributed by atoms with Crippen LogP contribution in [0.1, 0.15) is 39.5 Å². The number of carbonyl (C=O) groups excluding carboxylic acids is 2. The van der Waals surface area contributed by atoms with Crippen LogP contribution < -0.4 is 11.5 Å². The fourth-order valence-electron chi connectivity index (χ4n) is 8.88. The smallest absolute Gasteiger partial charge is 0.233 e. The Bertz CT molecular complexity index is 1440. The Morgan fingerprint density at radius 2 is 1.44 bits per heavy atom. The number of halogens is 2. The summed E-state index contributed by atoms with van der Waals surface area (Å²) in [5, 5.41) is 4.90. The van der Waals surface area contributed by atoms with Gasteiger partial charge in [-0.05, 0) is 73.6 Å². The van der Waals surface area contributed by atoms with E-state index in [4.69, 9.17) is 23.1 Å². The van der Waals surface area contributed by atoms with E-state index >= 15 is 0 Å². The molecule has 41 heavy (non-hydrogen) atoms. The minimum Gasteiger partial charge on any atom is -0.401 e. The van der Waals surface area contributed by atoms with E-state index in [1.165, 1.54) is 28.7 Å². The average Bonchev–Trinajstić information content (AvgIpc) is 3.68. The Kier molecular flexibility index (Phi) is 6.59. The largest absolute Gasteiger partial charge is 0.401 e. The molecule has 2 amide bonds. The maximum atomic E-state index is 14.1. The molecule has 4 N–H and O–H groups in total. The summed E-state index contributed by atoms with van der Waals surface area (Å²) in [6, 6.07) is 0. The monoisotopic (exact) mass is 630 g/mol. The Balaban J connectivity index is 0.00000135. The van der Waals surface area contributed by atoms with E-state index in [0.29, 0.717) is 44.1 Å². The highest BCUT2D eigenvalue weighted by atomic mass is 35.5. The van der Waals surface area contributed by atoms with Gasteiger partial charge < -0.3 is 21.3 Å². The zero-order valence-electron chi connectivity index (χ0n) is 23.6. The molecule has 0 spiro atoms. The van der Waals surface area contributed by atoms with Gasteiger partial charge in [0, 0.05) is 65.9 Å². The first-order valence-corrected chi connectivity index (χ1v) is 17.5. The number of fused-ring (bicyclic) bond motifs is 4. The van der Waals surface area contributed by atoms with Gasteiger partial charge in [-0.2, -0.15) is 0 Å². The fraction of sp³-hybridized carbons (Fsp3) is 0.548. The van der Waals surface area contributed by atoms with Crippen molar-refractivity contribution in [3.63, 3.8) is 0 Å². The van der Waals surface area contributed by atoms with Crippen molar-refractivity contribution in [1.29, 1.82) is 0 Å². The molecule has 5 atom stereocenters. The van der Waals surface area contributed by atoms with Crippen LogP contribution in [0.4, 0.5) is 0 Å². The molecule has 0 aromatic carbocycles. The zero-order valence-corrected chi connectivity index (χ0v) is 26.7. The first-order valence-electron chi connectivity index (χ1n) is 14.3. The third-order valence-electron chi connectivity index (χ3n) is 10.6. The quantitative estimate of drug-likeness (QED) is 0.404. The summed E-state index contributed by atoms with van der Waals surface area (Å²) in [5.41, 5.74) is 21.1. The topological polar surface area (TPSA) is 92.7 Å². The van der Waals surface area contributed by atoms with E-state index in [2.05, 4.69) is 36.3 Å². The summed E-state index contributed by atoms with van der Waals surface area (Å²) in [5.74, 6) is 1.51. The highest BCUT2D eigenvalue weighted by Crippen LogP contribution is 2.75. The predicted molar refractivity (Wildman–Crippen MR) is 169 cm³/mol. The summed E-state index contributed by atoms with van der Waals surface area (Å²) in [6.07, 6.45) is 8.37. The van der Waals surface area contributed by atoms with E-state index in [0.717, 1.165) is 29.2 Å². The first-order chi connectivity index (χ1) is 19.7. The van der Waals surface area contributed by atoms with Gasteiger partial charge in [-0.1, -0.05) is 11.1 Å². The van der Waals surface area contributed by atoms with E-state index in [-0.39, 0.29) is 34.2 Å². The number of hydrogen-bond donors (Lipinski definition) is 2.